The number of nitrogens with one attached hydrogen (secondary N) is 2. The standard InChI is InChI=1S/C23H31N5O2/c1-16(2)11-20(13-24)26-23(30)21(12-17(3)4)27-22(29)19-7-5-18(6-8-19)14-28-10-9-25-15-28/h5-10,15-17,20-21H,11-12,14H2,1-4H3,(H,26,30)(H,27,29). The average molecular weight is 410 g/mol. The number of hydrogen-bond donors (Lipinski definition) is 2. The van der Waals surface area contributed by atoms with E-state index in [0.29, 0.717) is 24.9 Å². The number of aromatic nitrogens is 2. The van der Waals surface area contributed by atoms with Crippen LogP contribution in [0.3, 0.4) is 0 Å². The summed E-state index contributed by atoms with van der Waals surface area (Å²) in [6.45, 7) is 8.66. The molecule has 0 aliphatic heterocycles. The van der Waals surface area contributed by atoms with E-state index in [-0.39, 0.29) is 23.7 Å². The van der Waals surface area contributed by atoms with Crippen LogP contribution in [0.25, 0.3) is 0 Å². The van der Waals surface area contributed by atoms with E-state index in [2.05, 4.69) is 21.7 Å². The Hall–Kier alpha value is -3.14. The van der Waals surface area contributed by atoms with Crippen molar-refractivity contribution in [3.8, 4) is 6.07 Å². The zero-order chi connectivity index (χ0) is 22.1. The molecule has 0 saturated carbocycles. The van der Waals surface area contributed by atoms with Gasteiger partial charge in [0.2, 0.25) is 5.91 Å². The topological polar surface area (TPSA) is 99.8 Å². The second-order valence-electron chi connectivity index (χ2n) is 8.41. The monoisotopic (exact) mass is 409 g/mol. The summed E-state index contributed by atoms with van der Waals surface area (Å²) in [6, 6.07) is 8.16. The molecule has 1 aromatic heterocycles. The molecular formula is C23H31N5O2. The molecule has 0 aliphatic rings. The average Bonchev–Trinajstić information content (AvgIpc) is 3.19. The van der Waals surface area contributed by atoms with Crippen LogP contribution >= 0.6 is 0 Å². The number of benzene rings is 1. The Kier molecular flexibility index (Phi) is 8.60. The van der Waals surface area contributed by atoms with Crippen LogP contribution in [0.2, 0.25) is 0 Å². The van der Waals surface area contributed by atoms with Crippen LogP contribution in [0.15, 0.2) is 43.0 Å². The van der Waals surface area contributed by atoms with E-state index in [0.717, 1.165) is 5.56 Å². The Morgan fingerprint density at radius 2 is 1.73 bits per heavy atom. The van der Waals surface area contributed by atoms with Crippen molar-refractivity contribution in [2.75, 3.05) is 0 Å². The summed E-state index contributed by atoms with van der Waals surface area (Å²) >= 11 is 0. The van der Waals surface area contributed by atoms with E-state index in [1.807, 2.05) is 50.6 Å². The number of nitriles is 1. The summed E-state index contributed by atoms with van der Waals surface area (Å²) in [5, 5.41) is 14.9. The van der Waals surface area contributed by atoms with E-state index in [1.165, 1.54) is 0 Å². The van der Waals surface area contributed by atoms with Crippen molar-refractivity contribution < 1.29 is 9.59 Å². The lowest BCUT2D eigenvalue weighted by Crippen LogP contribution is -2.50. The summed E-state index contributed by atoms with van der Waals surface area (Å²) < 4.78 is 1.95. The van der Waals surface area contributed by atoms with Gasteiger partial charge in [0, 0.05) is 24.5 Å². The maximum absolute atomic E-state index is 12.7. The maximum Gasteiger partial charge on any atom is 0.251 e. The van der Waals surface area contributed by atoms with Gasteiger partial charge in [-0.3, -0.25) is 9.59 Å². The molecule has 0 bridgehead atoms. The fraction of sp³-hybridized carbons (Fsp3) is 0.478. The molecule has 0 aliphatic carbocycles. The highest BCUT2D eigenvalue weighted by Gasteiger charge is 2.25. The smallest absolute Gasteiger partial charge is 0.251 e. The number of carbonyl (C=O) groups is 2. The Morgan fingerprint density at radius 3 is 2.27 bits per heavy atom. The van der Waals surface area contributed by atoms with E-state index in [4.69, 9.17) is 0 Å². The Labute approximate surface area is 178 Å². The third-order valence-corrected chi connectivity index (χ3v) is 4.65. The van der Waals surface area contributed by atoms with Gasteiger partial charge in [0.25, 0.3) is 5.91 Å². The lowest BCUT2D eigenvalue weighted by Gasteiger charge is -2.22. The van der Waals surface area contributed by atoms with Crippen molar-refractivity contribution in [2.24, 2.45) is 11.8 Å². The summed E-state index contributed by atoms with van der Waals surface area (Å²) in [4.78, 5) is 29.5. The molecule has 160 valence electrons. The molecule has 2 atom stereocenters. The minimum atomic E-state index is -0.689. The summed E-state index contributed by atoms with van der Waals surface area (Å²) in [7, 11) is 0. The lowest BCUT2D eigenvalue weighted by atomic mass is 10.0. The maximum atomic E-state index is 12.7. The third kappa shape index (κ3) is 7.36. The van der Waals surface area contributed by atoms with Crippen LogP contribution in [-0.2, 0) is 11.3 Å². The quantitative estimate of drug-likeness (QED) is 0.630. The normalized spacial score (nSPS) is 13.0. The largest absolute Gasteiger partial charge is 0.340 e. The number of rotatable bonds is 10. The van der Waals surface area contributed by atoms with Crippen molar-refractivity contribution in [1.82, 2.24) is 20.2 Å². The van der Waals surface area contributed by atoms with Gasteiger partial charge in [-0.25, -0.2) is 4.98 Å². The van der Waals surface area contributed by atoms with Gasteiger partial charge in [-0.05, 0) is 42.4 Å². The summed E-state index contributed by atoms with van der Waals surface area (Å²) in [5.41, 5.74) is 1.54. The van der Waals surface area contributed by atoms with Gasteiger partial charge < -0.3 is 15.2 Å². The third-order valence-electron chi connectivity index (χ3n) is 4.65. The molecule has 2 N–H and O–H groups in total. The Morgan fingerprint density at radius 1 is 1.07 bits per heavy atom. The Balaban J connectivity index is 2.03. The lowest BCUT2D eigenvalue weighted by molar-refractivity contribution is -0.123. The highest BCUT2D eigenvalue weighted by atomic mass is 16.2. The molecule has 30 heavy (non-hydrogen) atoms. The van der Waals surface area contributed by atoms with Crippen LogP contribution in [0, 0.1) is 23.2 Å². The molecule has 2 amide bonds. The number of nitrogens with zero attached hydrogens (tertiary/aromatic N) is 3. The fourth-order valence-corrected chi connectivity index (χ4v) is 3.18. The van der Waals surface area contributed by atoms with Gasteiger partial charge in [0.15, 0.2) is 0 Å². The molecule has 0 spiro atoms. The van der Waals surface area contributed by atoms with Crippen molar-refractivity contribution >= 4 is 11.8 Å². The van der Waals surface area contributed by atoms with Gasteiger partial charge in [0.05, 0.1) is 12.4 Å². The first-order valence-corrected chi connectivity index (χ1v) is 10.3. The van der Waals surface area contributed by atoms with Crippen molar-refractivity contribution in [3.63, 3.8) is 0 Å². The van der Waals surface area contributed by atoms with E-state index < -0.39 is 12.1 Å². The first-order chi connectivity index (χ1) is 14.3. The van der Waals surface area contributed by atoms with Crippen molar-refractivity contribution in [1.29, 1.82) is 5.26 Å². The highest BCUT2D eigenvalue weighted by molar-refractivity contribution is 5.97. The molecular weight excluding hydrogens is 378 g/mol. The fourth-order valence-electron chi connectivity index (χ4n) is 3.18. The summed E-state index contributed by atoms with van der Waals surface area (Å²) in [5.74, 6) is -0.124. The van der Waals surface area contributed by atoms with Crippen molar-refractivity contribution in [3.05, 3.63) is 54.1 Å². The first-order valence-electron chi connectivity index (χ1n) is 10.3. The van der Waals surface area contributed by atoms with E-state index in [1.54, 1.807) is 24.7 Å². The molecule has 7 heteroatoms. The zero-order valence-electron chi connectivity index (χ0n) is 18.1. The van der Waals surface area contributed by atoms with Gasteiger partial charge in [-0.15, -0.1) is 0 Å². The van der Waals surface area contributed by atoms with E-state index >= 15 is 0 Å². The van der Waals surface area contributed by atoms with Crippen LogP contribution in [0.1, 0.15) is 56.5 Å². The second-order valence-corrected chi connectivity index (χ2v) is 8.41. The minimum absolute atomic E-state index is 0.212. The number of amides is 2. The van der Waals surface area contributed by atoms with E-state index in [9.17, 15) is 14.9 Å². The van der Waals surface area contributed by atoms with Crippen LogP contribution in [0.4, 0.5) is 0 Å². The molecule has 7 nitrogen and oxygen atoms in total. The van der Waals surface area contributed by atoms with Gasteiger partial charge in [-0.1, -0.05) is 39.8 Å². The molecule has 1 aromatic carbocycles. The first kappa shape index (κ1) is 23.1. The van der Waals surface area contributed by atoms with Crippen LogP contribution in [0.5, 0.6) is 0 Å². The number of imidazole rings is 1. The second kappa shape index (κ2) is 11.1. The molecule has 0 radical (unpaired) electrons. The predicted octanol–water partition coefficient (Wildman–Crippen LogP) is 3.13. The summed E-state index contributed by atoms with van der Waals surface area (Å²) in [6.07, 6.45) is 6.41. The van der Waals surface area contributed by atoms with Gasteiger partial charge in [0.1, 0.15) is 12.1 Å². The minimum Gasteiger partial charge on any atom is -0.340 e. The molecule has 0 saturated heterocycles. The predicted molar refractivity (Wildman–Crippen MR) is 115 cm³/mol. The van der Waals surface area contributed by atoms with Crippen molar-refractivity contribution in [2.45, 2.75) is 59.2 Å². The number of carbonyl (C=O) groups excluding carboxylic acids is 2. The molecule has 1 heterocycles. The molecule has 0 fully saturated rings. The molecule has 2 unspecified atom stereocenters. The SMILES string of the molecule is CC(C)CC(C#N)NC(=O)C(CC(C)C)NC(=O)c1ccc(Cn2ccnc2)cc1. The van der Waals surface area contributed by atoms with Gasteiger partial charge >= 0.3 is 0 Å². The van der Waals surface area contributed by atoms with Crippen LogP contribution < -0.4 is 10.6 Å². The Bertz CT molecular complexity index is 851. The van der Waals surface area contributed by atoms with Crippen LogP contribution in [-0.4, -0.2) is 33.4 Å². The van der Waals surface area contributed by atoms with Gasteiger partial charge in [-0.2, -0.15) is 5.26 Å². The highest BCUT2D eigenvalue weighted by Crippen LogP contribution is 2.11. The molecule has 2 aromatic rings. The zero-order valence-corrected chi connectivity index (χ0v) is 18.1. The number of hydrogen-bond acceptors (Lipinski definition) is 4. The molecule has 2 rings (SSSR count).